The Labute approximate surface area is 61.2 Å². The van der Waals surface area contributed by atoms with Crippen LogP contribution in [0.5, 0.6) is 0 Å². The van der Waals surface area contributed by atoms with Gasteiger partial charge in [0.05, 0.1) is 0 Å². The van der Waals surface area contributed by atoms with Crippen LogP contribution in [0.3, 0.4) is 0 Å². The molecular formula is C7H14OS. The first kappa shape index (κ1) is 7.42. The van der Waals surface area contributed by atoms with Crippen molar-refractivity contribution in [2.45, 2.75) is 25.7 Å². The second kappa shape index (κ2) is 3.47. The SMILES string of the molecule is CC(C)C1OCCCS1. The molecular weight excluding hydrogens is 132 g/mol. The summed E-state index contributed by atoms with van der Waals surface area (Å²) in [5, 5.41) is 0. The van der Waals surface area contributed by atoms with E-state index < -0.39 is 0 Å². The zero-order valence-electron chi connectivity index (χ0n) is 6.09. The maximum absolute atomic E-state index is 5.50. The molecule has 1 aliphatic heterocycles. The maximum Gasteiger partial charge on any atom is 0.105 e. The van der Waals surface area contributed by atoms with Crippen molar-refractivity contribution in [3.63, 3.8) is 0 Å². The first-order valence-corrected chi connectivity index (χ1v) is 4.59. The molecule has 0 aliphatic carbocycles. The molecule has 0 N–H and O–H groups in total. The third-order valence-corrected chi connectivity index (χ3v) is 2.93. The summed E-state index contributed by atoms with van der Waals surface area (Å²) in [7, 11) is 0. The fourth-order valence-corrected chi connectivity index (χ4v) is 1.99. The van der Waals surface area contributed by atoms with Crippen LogP contribution in [0.2, 0.25) is 0 Å². The summed E-state index contributed by atoms with van der Waals surface area (Å²) >= 11 is 1.95. The van der Waals surface area contributed by atoms with Crippen molar-refractivity contribution >= 4 is 11.8 Å². The van der Waals surface area contributed by atoms with E-state index in [1.54, 1.807) is 0 Å². The van der Waals surface area contributed by atoms with Gasteiger partial charge in [0.25, 0.3) is 0 Å². The molecule has 1 nitrogen and oxygen atoms in total. The van der Waals surface area contributed by atoms with E-state index in [1.807, 2.05) is 11.8 Å². The molecule has 0 amide bonds. The number of hydrogen-bond donors (Lipinski definition) is 0. The predicted octanol–water partition coefficient (Wildman–Crippen LogP) is 2.12. The molecule has 1 saturated heterocycles. The van der Waals surface area contributed by atoms with Gasteiger partial charge in [0.2, 0.25) is 0 Å². The van der Waals surface area contributed by atoms with Gasteiger partial charge in [0.1, 0.15) is 5.44 Å². The smallest absolute Gasteiger partial charge is 0.105 e. The Morgan fingerprint density at radius 3 is 2.67 bits per heavy atom. The van der Waals surface area contributed by atoms with E-state index in [-0.39, 0.29) is 0 Å². The van der Waals surface area contributed by atoms with Crippen LogP contribution in [0.15, 0.2) is 0 Å². The molecule has 2 heteroatoms. The number of thioether (sulfide) groups is 1. The average molecular weight is 146 g/mol. The fraction of sp³-hybridized carbons (Fsp3) is 1.00. The molecule has 0 bridgehead atoms. The Kier molecular flexibility index (Phi) is 2.86. The Balaban J connectivity index is 2.23. The minimum absolute atomic E-state index is 0.471. The molecule has 0 saturated carbocycles. The Morgan fingerprint density at radius 1 is 1.56 bits per heavy atom. The van der Waals surface area contributed by atoms with Gasteiger partial charge >= 0.3 is 0 Å². The fourth-order valence-electron chi connectivity index (χ4n) is 0.891. The minimum atomic E-state index is 0.471. The highest BCUT2D eigenvalue weighted by molar-refractivity contribution is 7.99. The Morgan fingerprint density at radius 2 is 2.33 bits per heavy atom. The van der Waals surface area contributed by atoms with Crippen molar-refractivity contribution in [2.24, 2.45) is 5.92 Å². The van der Waals surface area contributed by atoms with Crippen molar-refractivity contribution in [3.05, 3.63) is 0 Å². The molecule has 0 aromatic heterocycles. The lowest BCUT2D eigenvalue weighted by molar-refractivity contribution is 0.0775. The van der Waals surface area contributed by atoms with Crippen molar-refractivity contribution in [1.82, 2.24) is 0 Å². The van der Waals surface area contributed by atoms with E-state index in [9.17, 15) is 0 Å². The molecule has 1 unspecified atom stereocenters. The van der Waals surface area contributed by atoms with Gasteiger partial charge in [-0.3, -0.25) is 0 Å². The quantitative estimate of drug-likeness (QED) is 0.560. The molecule has 1 fully saturated rings. The van der Waals surface area contributed by atoms with Crippen LogP contribution in [0.4, 0.5) is 0 Å². The highest BCUT2D eigenvalue weighted by atomic mass is 32.2. The topological polar surface area (TPSA) is 9.23 Å². The molecule has 0 aromatic rings. The summed E-state index contributed by atoms with van der Waals surface area (Å²) in [5.41, 5.74) is 0.471. The van der Waals surface area contributed by atoms with E-state index >= 15 is 0 Å². The molecule has 0 aromatic carbocycles. The Hall–Kier alpha value is 0.310. The highest BCUT2D eigenvalue weighted by Crippen LogP contribution is 2.25. The third kappa shape index (κ3) is 2.18. The molecule has 54 valence electrons. The zero-order valence-corrected chi connectivity index (χ0v) is 6.91. The van der Waals surface area contributed by atoms with Crippen LogP contribution in [-0.4, -0.2) is 17.8 Å². The van der Waals surface area contributed by atoms with Gasteiger partial charge in [-0.05, 0) is 18.1 Å². The first-order chi connectivity index (χ1) is 4.30. The van der Waals surface area contributed by atoms with Crippen LogP contribution in [0, 0.1) is 5.92 Å². The highest BCUT2D eigenvalue weighted by Gasteiger charge is 2.16. The van der Waals surface area contributed by atoms with Crippen molar-refractivity contribution in [1.29, 1.82) is 0 Å². The van der Waals surface area contributed by atoms with Gasteiger partial charge in [-0.1, -0.05) is 13.8 Å². The molecule has 1 rings (SSSR count). The largest absolute Gasteiger partial charge is 0.367 e. The van der Waals surface area contributed by atoms with Crippen LogP contribution in [0.1, 0.15) is 20.3 Å². The van der Waals surface area contributed by atoms with E-state index in [0.717, 1.165) is 6.61 Å². The lowest BCUT2D eigenvalue weighted by Crippen LogP contribution is -2.21. The number of ether oxygens (including phenoxy) is 1. The lowest BCUT2D eigenvalue weighted by atomic mass is 10.2. The zero-order chi connectivity index (χ0) is 6.69. The predicted molar refractivity (Wildman–Crippen MR) is 41.7 cm³/mol. The third-order valence-electron chi connectivity index (χ3n) is 1.40. The summed E-state index contributed by atoms with van der Waals surface area (Å²) in [6, 6.07) is 0. The summed E-state index contributed by atoms with van der Waals surface area (Å²) in [6.45, 7) is 5.39. The van der Waals surface area contributed by atoms with Gasteiger partial charge in [0, 0.05) is 6.61 Å². The van der Waals surface area contributed by atoms with Crippen molar-refractivity contribution < 1.29 is 4.74 Å². The van der Waals surface area contributed by atoms with Crippen LogP contribution in [0.25, 0.3) is 0 Å². The van der Waals surface area contributed by atoms with Gasteiger partial charge < -0.3 is 4.74 Å². The van der Waals surface area contributed by atoms with Crippen molar-refractivity contribution in [3.8, 4) is 0 Å². The van der Waals surface area contributed by atoms with Crippen LogP contribution >= 0.6 is 11.8 Å². The van der Waals surface area contributed by atoms with Gasteiger partial charge in [0.15, 0.2) is 0 Å². The standard InChI is InChI=1S/C7H14OS/c1-6(2)7-8-4-3-5-9-7/h6-7H,3-5H2,1-2H3. The van der Waals surface area contributed by atoms with E-state index in [4.69, 9.17) is 4.74 Å². The second-order valence-electron chi connectivity index (χ2n) is 2.71. The summed E-state index contributed by atoms with van der Waals surface area (Å²) in [5.74, 6) is 1.96. The van der Waals surface area contributed by atoms with E-state index in [2.05, 4.69) is 13.8 Å². The molecule has 1 aliphatic rings. The molecule has 1 atom stereocenters. The average Bonchev–Trinajstić information content (AvgIpc) is 1.90. The summed E-state index contributed by atoms with van der Waals surface area (Å²) < 4.78 is 5.50. The monoisotopic (exact) mass is 146 g/mol. The normalized spacial score (nSPS) is 29.0. The second-order valence-corrected chi connectivity index (χ2v) is 3.91. The molecule has 0 spiro atoms. The number of hydrogen-bond acceptors (Lipinski definition) is 2. The van der Waals surface area contributed by atoms with Gasteiger partial charge in [-0.25, -0.2) is 0 Å². The van der Waals surface area contributed by atoms with Crippen LogP contribution < -0.4 is 0 Å². The van der Waals surface area contributed by atoms with Crippen LogP contribution in [-0.2, 0) is 4.74 Å². The molecule has 1 heterocycles. The first-order valence-electron chi connectivity index (χ1n) is 3.54. The Bertz CT molecular complexity index is 77.0. The van der Waals surface area contributed by atoms with Crippen molar-refractivity contribution in [2.75, 3.05) is 12.4 Å². The summed E-state index contributed by atoms with van der Waals surface area (Å²) in [6.07, 6.45) is 1.23. The van der Waals surface area contributed by atoms with Gasteiger partial charge in [-0.2, -0.15) is 0 Å². The maximum atomic E-state index is 5.50. The van der Waals surface area contributed by atoms with Gasteiger partial charge in [-0.15, -0.1) is 11.8 Å². The minimum Gasteiger partial charge on any atom is -0.367 e. The lowest BCUT2D eigenvalue weighted by Gasteiger charge is -2.24. The molecule has 9 heavy (non-hydrogen) atoms. The number of rotatable bonds is 1. The van der Waals surface area contributed by atoms with E-state index in [0.29, 0.717) is 11.4 Å². The summed E-state index contributed by atoms with van der Waals surface area (Å²) in [4.78, 5) is 0. The molecule has 0 radical (unpaired) electrons. The van der Waals surface area contributed by atoms with E-state index in [1.165, 1.54) is 12.2 Å².